The molecule has 0 N–H and O–H groups in total. The third-order valence-electron chi connectivity index (χ3n) is 4.32. The van der Waals surface area contributed by atoms with Gasteiger partial charge in [0.2, 0.25) is 5.95 Å². The number of carbonyl (C=O) groups is 1. The van der Waals surface area contributed by atoms with Crippen LogP contribution in [-0.2, 0) is 16.0 Å². The van der Waals surface area contributed by atoms with Gasteiger partial charge >= 0.3 is 5.97 Å². The molecule has 0 bridgehead atoms. The van der Waals surface area contributed by atoms with Crippen LogP contribution in [0.5, 0.6) is 0 Å². The van der Waals surface area contributed by atoms with Crippen molar-refractivity contribution in [2.75, 3.05) is 44.7 Å². The number of aryl methyl sites for hydroxylation is 1. The largest absolute Gasteiger partial charge is 0.466 e. The van der Waals surface area contributed by atoms with Crippen molar-refractivity contribution < 1.29 is 9.53 Å². The Bertz CT molecular complexity index is 739. The minimum atomic E-state index is -0.247. The number of hydrogen-bond acceptors (Lipinski definition) is 6. The third kappa shape index (κ3) is 3.64. The minimum absolute atomic E-state index is 0.178. The maximum absolute atomic E-state index is 12.0. The van der Waals surface area contributed by atoms with Gasteiger partial charge in [-0.25, -0.2) is 9.97 Å². The summed E-state index contributed by atoms with van der Waals surface area (Å²) in [5.41, 5.74) is 2.75. The van der Waals surface area contributed by atoms with Crippen molar-refractivity contribution >= 4 is 22.8 Å². The lowest BCUT2D eigenvalue weighted by Gasteiger charge is -2.32. The Kier molecular flexibility index (Phi) is 4.94. The standard InChI is InChI=1S/C18H24N4O2/c1-4-24-17(23)12-16-14-11-13(2)5-6-15(14)19-18(20-16)22-9-7-21(3)8-10-22/h5-6,11H,4,7-10,12H2,1-3H3. The number of anilines is 1. The van der Waals surface area contributed by atoms with Crippen molar-refractivity contribution in [3.8, 4) is 0 Å². The highest BCUT2D eigenvalue weighted by atomic mass is 16.5. The van der Waals surface area contributed by atoms with Gasteiger partial charge in [-0.1, -0.05) is 11.6 Å². The van der Waals surface area contributed by atoms with E-state index >= 15 is 0 Å². The van der Waals surface area contributed by atoms with Gasteiger partial charge in [0.25, 0.3) is 0 Å². The molecule has 0 atom stereocenters. The molecule has 0 spiro atoms. The first kappa shape index (κ1) is 16.6. The second kappa shape index (κ2) is 7.13. The molecule has 128 valence electrons. The summed E-state index contributed by atoms with van der Waals surface area (Å²) in [5, 5.41) is 0.931. The molecule has 0 unspecified atom stereocenters. The molecule has 0 radical (unpaired) electrons. The molecule has 1 aromatic heterocycles. The average molecular weight is 328 g/mol. The van der Waals surface area contributed by atoms with Gasteiger partial charge in [0, 0.05) is 31.6 Å². The third-order valence-corrected chi connectivity index (χ3v) is 4.32. The highest BCUT2D eigenvalue weighted by molar-refractivity contribution is 5.86. The van der Waals surface area contributed by atoms with Crippen molar-refractivity contribution in [2.24, 2.45) is 0 Å². The van der Waals surface area contributed by atoms with Crippen LogP contribution >= 0.6 is 0 Å². The molecule has 24 heavy (non-hydrogen) atoms. The molecule has 0 aliphatic carbocycles. The van der Waals surface area contributed by atoms with Crippen molar-refractivity contribution in [1.29, 1.82) is 0 Å². The van der Waals surface area contributed by atoms with E-state index in [-0.39, 0.29) is 12.4 Å². The lowest BCUT2D eigenvalue weighted by atomic mass is 10.1. The Hall–Kier alpha value is -2.21. The number of benzene rings is 1. The highest BCUT2D eigenvalue weighted by Gasteiger charge is 2.19. The zero-order chi connectivity index (χ0) is 17.1. The smallest absolute Gasteiger partial charge is 0.311 e. The Morgan fingerprint density at radius 3 is 2.67 bits per heavy atom. The lowest BCUT2D eigenvalue weighted by Crippen LogP contribution is -2.45. The fraction of sp³-hybridized carbons (Fsp3) is 0.500. The van der Waals surface area contributed by atoms with E-state index in [1.54, 1.807) is 0 Å². The van der Waals surface area contributed by atoms with Crippen LogP contribution in [0.2, 0.25) is 0 Å². The van der Waals surface area contributed by atoms with Gasteiger partial charge in [0.1, 0.15) is 0 Å². The molecular formula is C18H24N4O2. The Morgan fingerprint density at radius 2 is 1.96 bits per heavy atom. The minimum Gasteiger partial charge on any atom is -0.466 e. The number of nitrogens with zero attached hydrogens (tertiary/aromatic N) is 4. The van der Waals surface area contributed by atoms with E-state index in [1.807, 2.05) is 32.0 Å². The summed E-state index contributed by atoms with van der Waals surface area (Å²) in [6.45, 7) is 7.99. The molecule has 1 saturated heterocycles. The van der Waals surface area contributed by atoms with E-state index in [0.717, 1.165) is 48.3 Å². The molecule has 1 aromatic carbocycles. The number of fused-ring (bicyclic) bond motifs is 1. The maximum atomic E-state index is 12.0. The van der Waals surface area contributed by atoms with E-state index in [9.17, 15) is 4.79 Å². The van der Waals surface area contributed by atoms with Crippen LogP contribution in [0.4, 0.5) is 5.95 Å². The predicted molar refractivity (Wildman–Crippen MR) is 94.3 cm³/mol. The molecule has 6 heteroatoms. The van der Waals surface area contributed by atoms with Crippen LogP contribution in [0.15, 0.2) is 18.2 Å². The molecular weight excluding hydrogens is 304 g/mol. The van der Waals surface area contributed by atoms with Gasteiger partial charge in [0.15, 0.2) is 0 Å². The van der Waals surface area contributed by atoms with E-state index < -0.39 is 0 Å². The lowest BCUT2D eigenvalue weighted by molar-refractivity contribution is -0.142. The van der Waals surface area contributed by atoms with E-state index in [2.05, 4.69) is 16.8 Å². The summed E-state index contributed by atoms with van der Waals surface area (Å²) in [6.07, 6.45) is 0.178. The number of carbonyl (C=O) groups excluding carboxylic acids is 1. The summed E-state index contributed by atoms with van der Waals surface area (Å²) in [7, 11) is 2.12. The molecule has 0 saturated carbocycles. The zero-order valence-electron chi connectivity index (χ0n) is 14.6. The van der Waals surface area contributed by atoms with Crippen LogP contribution in [0.25, 0.3) is 10.9 Å². The molecule has 3 rings (SSSR count). The molecule has 2 aromatic rings. The quantitative estimate of drug-likeness (QED) is 0.798. The molecule has 6 nitrogen and oxygen atoms in total. The number of piperazine rings is 1. The second-order valence-corrected chi connectivity index (χ2v) is 6.26. The fourth-order valence-corrected chi connectivity index (χ4v) is 2.92. The number of likely N-dealkylation sites (N-methyl/N-ethyl adjacent to an activating group) is 1. The monoisotopic (exact) mass is 328 g/mol. The molecule has 0 amide bonds. The predicted octanol–water partition coefficient (Wildman–Crippen LogP) is 1.80. The summed E-state index contributed by atoms with van der Waals surface area (Å²) < 4.78 is 5.10. The van der Waals surface area contributed by atoms with E-state index in [4.69, 9.17) is 14.7 Å². The number of rotatable bonds is 4. The van der Waals surface area contributed by atoms with E-state index in [0.29, 0.717) is 12.6 Å². The SMILES string of the molecule is CCOC(=O)Cc1nc(N2CCN(C)CC2)nc2ccc(C)cc12. The molecule has 1 fully saturated rings. The van der Waals surface area contributed by atoms with Crippen LogP contribution < -0.4 is 4.90 Å². The molecule has 1 aliphatic heterocycles. The van der Waals surface area contributed by atoms with Gasteiger partial charge in [-0.3, -0.25) is 4.79 Å². The van der Waals surface area contributed by atoms with Crippen molar-refractivity contribution in [2.45, 2.75) is 20.3 Å². The van der Waals surface area contributed by atoms with Crippen LogP contribution in [-0.4, -0.2) is 60.7 Å². The summed E-state index contributed by atoms with van der Waals surface area (Å²) in [5.74, 6) is 0.460. The fourth-order valence-electron chi connectivity index (χ4n) is 2.92. The van der Waals surface area contributed by atoms with Gasteiger partial charge in [-0.05, 0) is 33.0 Å². The van der Waals surface area contributed by atoms with Gasteiger partial charge in [-0.15, -0.1) is 0 Å². The highest BCUT2D eigenvalue weighted by Crippen LogP contribution is 2.22. The topological polar surface area (TPSA) is 58.6 Å². The Balaban J connectivity index is 1.98. The Morgan fingerprint density at radius 1 is 1.21 bits per heavy atom. The first-order chi connectivity index (χ1) is 11.6. The van der Waals surface area contributed by atoms with E-state index in [1.165, 1.54) is 0 Å². The molecule has 2 heterocycles. The zero-order valence-corrected chi connectivity index (χ0v) is 14.6. The number of hydrogen-bond donors (Lipinski definition) is 0. The van der Waals surface area contributed by atoms with Crippen LogP contribution in [0.1, 0.15) is 18.2 Å². The average Bonchev–Trinajstić information content (AvgIpc) is 2.56. The number of ether oxygens (including phenoxy) is 1. The normalized spacial score (nSPS) is 15.7. The van der Waals surface area contributed by atoms with Gasteiger partial charge in [-0.2, -0.15) is 0 Å². The first-order valence-electron chi connectivity index (χ1n) is 8.43. The first-order valence-corrected chi connectivity index (χ1v) is 8.43. The van der Waals surface area contributed by atoms with Crippen molar-refractivity contribution in [1.82, 2.24) is 14.9 Å². The summed E-state index contributed by atoms with van der Waals surface area (Å²) in [6, 6.07) is 6.08. The second-order valence-electron chi connectivity index (χ2n) is 6.26. The van der Waals surface area contributed by atoms with Crippen LogP contribution in [0, 0.1) is 6.92 Å². The Labute approximate surface area is 142 Å². The van der Waals surface area contributed by atoms with Gasteiger partial charge in [0.05, 0.1) is 24.2 Å². The molecule has 1 aliphatic rings. The van der Waals surface area contributed by atoms with Crippen molar-refractivity contribution in [3.63, 3.8) is 0 Å². The van der Waals surface area contributed by atoms with Crippen LogP contribution in [0.3, 0.4) is 0 Å². The summed E-state index contributed by atoms with van der Waals surface area (Å²) >= 11 is 0. The summed E-state index contributed by atoms with van der Waals surface area (Å²) in [4.78, 5) is 25.9. The number of aromatic nitrogens is 2. The van der Waals surface area contributed by atoms with Crippen molar-refractivity contribution in [3.05, 3.63) is 29.5 Å². The number of esters is 1. The maximum Gasteiger partial charge on any atom is 0.311 e. The van der Waals surface area contributed by atoms with Gasteiger partial charge < -0.3 is 14.5 Å².